The van der Waals surface area contributed by atoms with Crippen molar-refractivity contribution >= 4 is 39.0 Å². The third-order valence-electron chi connectivity index (χ3n) is 2.06. The molecule has 0 aliphatic heterocycles. The smallest absolute Gasteiger partial charge is 0.191 e. The van der Waals surface area contributed by atoms with Crippen LogP contribution in [0.2, 0.25) is 0 Å². The van der Waals surface area contributed by atoms with Gasteiger partial charge in [-0.25, -0.2) is 0 Å². The number of hydrogen-bond acceptors (Lipinski definition) is 5. The molecule has 1 N–H and O–H groups in total. The number of thiophene rings is 1. The zero-order valence-corrected chi connectivity index (χ0v) is 11.8. The Kier molecular flexibility index (Phi) is 4.01. The molecule has 0 saturated heterocycles. The maximum atomic E-state index is 8.98. The molecule has 0 radical (unpaired) electrons. The Labute approximate surface area is 110 Å². The van der Waals surface area contributed by atoms with Gasteiger partial charge in [0.1, 0.15) is 6.61 Å². The molecule has 2 rings (SSSR count). The first-order valence-electron chi connectivity index (χ1n) is 4.55. The highest BCUT2D eigenvalue weighted by atomic mass is 79.9. The standard InChI is InChI=1S/C9H10BrN3OS2/c1-13-8(3-14)11-12-9(13)16-5-6-2-7(10)15-4-6/h2,4,14H,3,5H2,1H3. The summed E-state index contributed by atoms with van der Waals surface area (Å²) < 4.78 is 2.95. The lowest BCUT2D eigenvalue weighted by molar-refractivity contribution is 0.266. The van der Waals surface area contributed by atoms with Gasteiger partial charge in [-0.2, -0.15) is 0 Å². The van der Waals surface area contributed by atoms with Gasteiger partial charge < -0.3 is 9.67 Å². The minimum atomic E-state index is -0.0753. The predicted octanol–water partition coefficient (Wildman–Crippen LogP) is 2.42. The summed E-state index contributed by atoms with van der Waals surface area (Å²) in [7, 11) is 1.86. The summed E-state index contributed by atoms with van der Waals surface area (Å²) in [5.41, 5.74) is 1.26. The Morgan fingerprint density at radius 1 is 1.56 bits per heavy atom. The summed E-state index contributed by atoms with van der Waals surface area (Å²) in [5.74, 6) is 1.45. The molecule has 0 amide bonds. The van der Waals surface area contributed by atoms with Crippen molar-refractivity contribution in [2.24, 2.45) is 7.05 Å². The van der Waals surface area contributed by atoms with Crippen molar-refractivity contribution in [2.75, 3.05) is 0 Å². The van der Waals surface area contributed by atoms with E-state index < -0.39 is 0 Å². The summed E-state index contributed by atoms with van der Waals surface area (Å²) in [5, 5.41) is 19.8. The van der Waals surface area contributed by atoms with Crippen molar-refractivity contribution in [3.8, 4) is 0 Å². The van der Waals surface area contributed by atoms with Crippen LogP contribution < -0.4 is 0 Å². The third kappa shape index (κ3) is 2.65. The average Bonchev–Trinajstić information content (AvgIpc) is 2.83. The Hall–Kier alpha value is -0.370. The molecule has 0 spiro atoms. The maximum Gasteiger partial charge on any atom is 0.191 e. The number of nitrogens with zero attached hydrogens (tertiary/aromatic N) is 3. The summed E-state index contributed by atoms with van der Waals surface area (Å²) in [4.78, 5) is 0. The molecule has 7 heteroatoms. The molecule has 0 aliphatic rings. The summed E-state index contributed by atoms with van der Waals surface area (Å²) in [6, 6.07) is 2.10. The minimum Gasteiger partial charge on any atom is -0.388 e. The van der Waals surface area contributed by atoms with Crippen LogP contribution in [0.1, 0.15) is 11.4 Å². The fourth-order valence-electron chi connectivity index (χ4n) is 1.18. The van der Waals surface area contributed by atoms with Crippen LogP contribution in [-0.2, 0) is 19.4 Å². The van der Waals surface area contributed by atoms with E-state index in [1.165, 1.54) is 5.56 Å². The van der Waals surface area contributed by atoms with Gasteiger partial charge in [-0.05, 0) is 32.9 Å². The molecule has 0 unspecified atom stereocenters. The molecule has 2 aromatic rings. The van der Waals surface area contributed by atoms with E-state index in [-0.39, 0.29) is 6.61 Å². The molecular weight excluding hydrogens is 310 g/mol. The van der Waals surface area contributed by atoms with E-state index >= 15 is 0 Å². The maximum absolute atomic E-state index is 8.98. The number of rotatable bonds is 4. The molecule has 0 aliphatic carbocycles. The molecule has 0 bridgehead atoms. The second kappa shape index (κ2) is 5.31. The van der Waals surface area contributed by atoms with E-state index in [9.17, 15) is 0 Å². The quantitative estimate of drug-likeness (QED) is 0.879. The van der Waals surface area contributed by atoms with Gasteiger partial charge in [0.15, 0.2) is 11.0 Å². The van der Waals surface area contributed by atoms with Crippen LogP contribution in [-0.4, -0.2) is 19.9 Å². The van der Waals surface area contributed by atoms with E-state index in [0.29, 0.717) is 5.82 Å². The van der Waals surface area contributed by atoms with Crippen molar-refractivity contribution in [2.45, 2.75) is 17.5 Å². The number of aliphatic hydroxyl groups excluding tert-OH is 1. The number of halogens is 1. The fourth-order valence-corrected chi connectivity index (χ4v) is 3.35. The Balaban J connectivity index is 2.02. The lowest BCUT2D eigenvalue weighted by atomic mass is 10.4. The van der Waals surface area contributed by atoms with Gasteiger partial charge in [-0.15, -0.1) is 21.5 Å². The normalized spacial score (nSPS) is 10.9. The summed E-state index contributed by atoms with van der Waals surface area (Å²) in [6.07, 6.45) is 0. The number of aliphatic hydroxyl groups is 1. The molecule has 0 atom stereocenters. The summed E-state index contributed by atoms with van der Waals surface area (Å²) >= 11 is 6.72. The van der Waals surface area contributed by atoms with Gasteiger partial charge in [0.2, 0.25) is 0 Å². The second-order valence-corrected chi connectivity index (χ2v) is 6.40. The zero-order chi connectivity index (χ0) is 11.5. The van der Waals surface area contributed by atoms with Gasteiger partial charge >= 0.3 is 0 Å². The van der Waals surface area contributed by atoms with E-state index in [4.69, 9.17) is 5.11 Å². The molecule has 2 heterocycles. The number of hydrogen-bond donors (Lipinski definition) is 1. The molecular formula is C9H10BrN3OS2. The van der Waals surface area contributed by atoms with Crippen LogP contribution >= 0.6 is 39.0 Å². The van der Waals surface area contributed by atoms with E-state index in [0.717, 1.165) is 14.7 Å². The highest BCUT2D eigenvalue weighted by molar-refractivity contribution is 9.11. The van der Waals surface area contributed by atoms with Crippen molar-refractivity contribution in [3.63, 3.8) is 0 Å². The van der Waals surface area contributed by atoms with Crippen LogP contribution in [0.25, 0.3) is 0 Å². The Bertz CT molecular complexity index is 483. The molecule has 2 aromatic heterocycles. The van der Waals surface area contributed by atoms with Crippen LogP contribution in [0.3, 0.4) is 0 Å². The molecule has 0 fully saturated rings. The third-order valence-corrected chi connectivity index (χ3v) is 4.70. The monoisotopic (exact) mass is 319 g/mol. The highest BCUT2D eigenvalue weighted by Gasteiger charge is 2.08. The average molecular weight is 320 g/mol. The fraction of sp³-hybridized carbons (Fsp3) is 0.333. The highest BCUT2D eigenvalue weighted by Crippen LogP contribution is 2.26. The van der Waals surface area contributed by atoms with E-state index in [1.807, 2.05) is 11.6 Å². The van der Waals surface area contributed by atoms with Crippen LogP contribution in [0, 0.1) is 0 Å². The molecule has 16 heavy (non-hydrogen) atoms. The topological polar surface area (TPSA) is 50.9 Å². The lowest BCUT2D eigenvalue weighted by Gasteiger charge is -2.00. The molecule has 0 aromatic carbocycles. The lowest BCUT2D eigenvalue weighted by Crippen LogP contribution is -1.98. The van der Waals surface area contributed by atoms with Crippen molar-refractivity contribution in [3.05, 3.63) is 26.6 Å². The van der Waals surface area contributed by atoms with Crippen molar-refractivity contribution in [1.29, 1.82) is 0 Å². The SMILES string of the molecule is Cn1c(CO)nnc1SCc1csc(Br)c1. The van der Waals surface area contributed by atoms with E-state index in [1.54, 1.807) is 23.1 Å². The van der Waals surface area contributed by atoms with Crippen LogP contribution in [0.5, 0.6) is 0 Å². The molecule has 86 valence electrons. The second-order valence-electron chi connectivity index (χ2n) is 3.16. The zero-order valence-electron chi connectivity index (χ0n) is 8.55. The largest absolute Gasteiger partial charge is 0.388 e. The van der Waals surface area contributed by atoms with Gasteiger partial charge in [-0.3, -0.25) is 0 Å². The first-order valence-corrected chi connectivity index (χ1v) is 7.21. The van der Waals surface area contributed by atoms with Gasteiger partial charge in [-0.1, -0.05) is 11.8 Å². The molecule has 0 saturated carbocycles. The van der Waals surface area contributed by atoms with Gasteiger partial charge in [0.05, 0.1) is 3.79 Å². The predicted molar refractivity (Wildman–Crippen MR) is 68.5 cm³/mol. The number of thioether (sulfide) groups is 1. The van der Waals surface area contributed by atoms with Crippen molar-refractivity contribution in [1.82, 2.24) is 14.8 Å². The van der Waals surface area contributed by atoms with E-state index in [2.05, 4.69) is 37.6 Å². The number of aromatic nitrogens is 3. The summed E-state index contributed by atoms with van der Waals surface area (Å²) in [6.45, 7) is -0.0753. The van der Waals surface area contributed by atoms with Crippen LogP contribution in [0.15, 0.2) is 20.4 Å². The first kappa shape index (κ1) is 12.1. The van der Waals surface area contributed by atoms with Crippen molar-refractivity contribution < 1.29 is 5.11 Å². The Morgan fingerprint density at radius 3 is 2.94 bits per heavy atom. The first-order chi connectivity index (χ1) is 7.70. The van der Waals surface area contributed by atoms with Gasteiger partial charge in [0, 0.05) is 12.8 Å². The van der Waals surface area contributed by atoms with Crippen LogP contribution in [0.4, 0.5) is 0 Å². The minimum absolute atomic E-state index is 0.0753. The van der Waals surface area contributed by atoms with Gasteiger partial charge in [0.25, 0.3) is 0 Å². The Morgan fingerprint density at radius 2 is 2.38 bits per heavy atom. The molecule has 4 nitrogen and oxygen atoms in total.